The Morgan fingerprint density at radius 2 is 1.58 bits per heavy atom. The molecule has 1 aromatic rings. The van der Waals surface area contributed by atoms with Crippen LogP contribution in [0.4, 0.5) is 0 Å². The molecule has 108 valence electrons. The molecule has 0 radical (unpaired) electrons. The van der Waals surface area contributed by atoms with Gasteiger partial charge in [0.25, 0.3) is 0 Å². The van der Waals surface area contributed by atoms with Gasteiger partial charge in [-0.05, 0) is 43.4 Å². The van der Waals surface area contributed by atoms with Gasteiger partial charge in [0.05, 0.1) is 6.61 Å². The molecule has 0 unspecified atom stereocenters. The quantitative estimate of drug-likeness (QED) is 0.616. The standard InChI is InChI=1S/C17H29NO/c1-3-16-9-11-17(12-10-16)8-6-4-5-7-13-18-14-15-19-2/h9-12,18H,3-8,13-15H2,1-2H3. The van der Waals surface area contributed by atoms with E-state index in [9.17, 15) is 0 Å². The van der Waals surface area contributed by atoms with Crippen molar-refractivity contribution in [3.63, 3.8) is 0 Å². The summed E-state index contributed by atoms with van der Waals surface area (Å²) in [5.41, 5.74) is 2.92. The third-order valence-electron chi connectivity index (χ3n) is 3.48. The van der Waals surface area contributed by atoms with E-state index in [1.807, 2.05) is 0 Å². The molecule has 1 rings (SSSR count). The van der Waals surface area contributed by atoms with Crippen LogP contribution in [0.25, 0.3) is 0 Å². The van der Waals surface area contributed by atoms with Gasteiger partial charge in [0.15, 0.2) is 0 Å². The van der Waals surface area contributed by atoms with Crippen LogP contribution >= 0.6 is 0 Å². The normalized spacial score (nSPS) is 10.8. The van der Waals surface area contributed by atoms with Crippen LogP contribution in [0.5, 0.6) is 0 Å². The monoisotopic (exact) mass is 263 g/mol. The number of methoxy groups -OCH3 is 1. The number of nitrogens with one attached hydrogen (secondary N) is 1. The first-order valence-corrected chi connectivity index (χ1v) is 7.64. The summed E-state index contributed by atoms with van der Waals surface area (Å²) in [6, 6.07) is 9.08. The van der Waals surface area contributed by atoms with Gasteiger partial charge in [-0.3, -0.25) is 0 Å². The topological polar surface area (TPSA) is 21.3 Å². The molecule has 0 aliphatic heterocycles. The van der Waals surface area contributed by atoms with E-state index in [-0.39, 0.29) is 0 Å². The molecule has 0 fully saturated rings. The van der Waals surface area contributed by atoms with E-state index >= 15 is 0 Å². The van der Waals surface area contributed by atoms with Gasteiger partial charge < -0.3 is 10.1 Å². The highest BCUT2D eigenvalue weighted by Crippen LogP contribution is 2.09. The molecule has 1 N–H and O–H groups in total. The molecule has 0 bridgehead atoms. The molecule has 0 amide bonds. The zero-order valence-electron chi connectivity index (χ0n) is 12.6. The number of hydrogen-bond donors (Lipinski definition) is 1. The van der Waals surface area contributed by atoms with Crippen molar-refractivity contribution in [2.45, 2.75) is 45.4 Å². The molecule has 0 aliphatic carbocycles. The van der Waals surface area contributed by atoms with Crippen LogP contribution in [0.1, 0.15) is 43.7 Å². The summed E-state index contributed by atoms with van der Waals surface area (Å²) in [5.74, 6) is 0. The van der Waals surface area contributed by atoms with Crippen LogP contribution in [-0.4, -0.2) is 26.8 Å². The maximum Gasteiger partial charge on any atom is 0.0587 e. The molecular weight excluding hydrogens is 234 g/mol. The number of aryl methyl sites for hydroxylation is 2. The summed E-state index contributed by atoms with van der Waals surface area (Å²) in [4.78, 5) is 0. The van der Waals surface area contributed by atoms with Gasteiger partial charge in [-0.25, -0.2) is 0 Å². The van der Waals surface area contributed by atoms with Crippen LogP contribution in [0.3, 0.4) is 0 Å². The summed E-state index contributed by atoms with van der Waals surface area (Å²) < 4.78 is 4.99. The Labute approximate surface area is 118 Å². The Balaban J connectivity index is 1.95. The minimum absolute atomic E-state index is 0.813. The summed E-state index contributed by atoms with van der Waals surface area (Å²) >= 11 is 0. The minimum atomic E-state index is 0.813. The van der Waals surface area contributed by atoms with E-state index in [1.165, 1.54) is 43.2 Å². The fourth-order valence-corrected chi connectivity index (χ4v) is 2.17. The number of unbranched alkanes of at least 4 members (excludes halogenated alkanes) is 3. The first-order chi connectivity index (χ1) is 9.36. The second-order valence-electron chi connectivity index (χ2n) is 5.08. The van der Waals surface area contributed by atoms with Crippen LogP contribution in [0.15, 0.2) is 24.3 Å². The highest BCUT2D eigenvalue weighted by molar-refractivity contribution is 5.22. The molecule has 0 saturated carbocycles. The molecular formula is C17H29NO. The fraction of sp³-hybridized carbons (Fsp3) is 0.647. The average Bonchev–Trinajstić information content (AvgIpc) is 2.46. The Bertz CT molecular complexity index is 308. The minimum Gasteiger partial charge on any atom is -0.383 e. The van der Waals surface area contributed by atoms with Gasteiger partial charge in [0, 0.05) is 13.7 Å². The van der Waals surface area contributed by atoms with E-state index in [0.29, 0.717) is 0 Å². The molecule has 0 spiro atoms. The summed E-state index contributed by atoms with van der Waals surface area (Å²) in [6.45, 7) is 5.11. The molecule has 2 heteroatoms. The summed E-state index contributed by atoms with van der Waals surface area (Å²) in [6.07, 6.45) is 7.61. The number of hydrogen-bond acceptors (Lipinski definition) is 2. The molecule has 1 aromatic carbocycles. The largest absolute Gasteiger partial charge is 0.383 e. The van der Waals surface area contributed by atoms with Gasteiger partial charge >= 0.3 is 0 Å². The fourth-order valence-electron chi connectivity index (χ4n) is 2.17. The average molecular weight is 263 g/mol. The summed E-state index contributed by atoms with van der Waals surface area (Å²) in [7, 11) is 1.74. The van der Waals surface area contributed by atoms with Crippen molar-refractivity contribution in [1.82, 2.24) is 5.32 Å². The van der Waals surface area contributed by atoms with Gasteiger partial charge in [0.2, 0.25) is 0 Å². The molecule has 0 aliphatic rings. The highest BCUT2D eigenvalue weighted by atomic mass is 16.5. The van der Waals surface area contributed by atoms with Crippen molar-refractivity contribution < 1.29 is 4.74 Å². The Hall–Kier alpha value is -0.860. The molecule has 0 saturated heterocycles. The maximum atomic E-state index is 4.99. The molecule has 0 aromatic heterocycles. The van der Waals surface area contributed by atoms with Gasteiger partial charge in [0.1, 0.15) is 0 Å². The lowest BCUT2D eigenvalue weighted by Crippen LogP contribution is -2.20. The van der Waals surface area contributed by atoms with Gasteiger partial charge in [-0.2, -0.15) is 0 Å². The van der Waals surface area contributed by atoms with Crippen molar-refractivity contribution in [3.8, 4) is 0 Å². The predicted octanol–water partition coefficient (Wildman–Crippen LogP) is 3.59. The lowest BCUT2D eigenvalue weighted by molar-refractivity contribution is 0.199. The van der Waals surface area contributed by atoms with Crippen molar-refractivity contribution >= 4 is 0 Å². The maximum absolute atomic E-state index is 4.99. The Morgan fingerprint density at radius 1 is 0.895 bits per heavy atom. The first-order valence-electron chi connectivity index (χ1n) is 7.64. The smallest absolute Gasteiger partial charge is 0.0587 e. The van der Waals surface area contributed by atoms with Crippen molar-refractivity contribution in [2.75, 3.05) is 26.8 Å². The number of benzene rings is 1. The molecule has 0 atom stereocenters. The Morgan fingerprint density at radius 3 is 2.26 bits per heavy atom. The van der Waals surface area contributed by atoms with E-state index in [1.54, 1.807) is 7.11 Å². The lowest BCUT2D eigenvalue weighted by atomic mass is 10.0. The molecule has 0 heterocycles. The van der Waals surface area contributed by atoms with E-state index in [4.69, 9.17) is 4.74 Å². The zero-order chi connectivity index (χ0) is 13.8. The third-order valence-corrected chi connectivity index (χ3v) is 3.48. The van der Waals surface area contributed by atoms with Gasteiger partial charge in [-0.1, -0.05) is 44.0 Å². The van der Waals surface area contributed by atoms with Crippen LogP contribution in [0.2, 0.25) is 0 Å². The van der Waals surface area contributed by atoms with Crippen molar-refractivity contribution in [2.24, 2.45) is 0 Å². The molecule has 2 nitrogen and oxygen atoms in total. The second kappa shape index (κ2) is 11.0. The predicted molar refractivity (Wildman–Crippen MR) is 82.7 cm³/mol. The zero-order valence-corrected chi connectivity index (χ0v) is 12.6. The van der Waals surface area contributed by atoms with Crippen molar-refractivity contribution in [1.29, 1.82) is 0 Å². The van der Waals surface area contributed by atoms with Crippen LogP contribution in [-0.2, 0) is 17.6 Å². The third kappa shape index (κ3) is 8.02. The Kier molecular flexibility index (Phi) is 9.38. The van der Waals surface area contributed by atoms with Crippen molar-refractivity contribution in [3.05, 3.63) is 35.4 Å². The van der Waals surface area contributed by atoms with E-state index < -0.39 is 0 Å². The van der Waals surface area contributed by atoms with Crippen LogP contribution in [0, 0.1) is 0 Å². The molecule has 19 heavy (non-hydrogen) atoms. The number of ether oxygens (including phenoxy) is 1. The highest BCUT2D eigenvalue weighted by Gasteiger charge is 1.95. The van der Waals surface area contributed by atoms with E-state index in [2.05, 4.69) is 36.5 Å². The van der Waals surface area contributed by atoms with Crippen LogP contribution < -0.4 is 5.32 Å². The first kappa shape index (κ1) is 16.2. The van der Waals surface area contributed by atoms with E-state index in [0.717, 1.165) is 26.1 Å². The number of rotatable bonds is 11. The lowest BCUT2D eigenvalue weighted by Gasteiger charge is -2.05. The second-order valence-corrected chi connectivity index (χ2v) is 5.08. The van der Waals surface area contributed by atoms with Gasteiger partial charge in [-0.15, -0.1) is 0 Å². The SMILES string of the molecule is CCc1ccc(CCCCCCNCCOC)cc1. The summed E-state index contributed by atoms with van der Waals surface area (Å²) in [5, 5.41) is 3.38.